The third kappa shape index (κ3) is 3.89. The molecule has 0 N–H and O–H groups in total. The molecule has 0 saturated carbocycles. The fraction of sp³-hybridized carbons (Fsp3) is 0.115. The number of amides is 2. The number of anilines is 2. The molecule has 2 amide bonds. The van der Waals surface area contributed by atoms with Gasteiger partial charge in [-0.3, -0.25) is 24.6 Å². The zero-order valence-electron chi connectivity index (χ0n) is 19.2. The number of fused-ring (bicyclic) bond motifs is 1. The van der Waals surface area contributed by atoms with Gasteiger partial charge in [-0.1, -0.05) is 35.4 Å². The van der Waals surface area contributed by atoms with Crippen molar-refractivity contribution in [3.63, 3.8) is 0 Å². The summed E-state index contributed by atoms with van der Waals surface area (Å²) in [4.78, 5) is 45.7. The van der Waals surface area contributed by atoms with Crippen molar-refractivity contribution in [2.24, 2.45) is 4.99 Å². The summed E-state index contributed by atoms with van der Waals surface area (Å²) in [6.45, 7) is 3.93. The number of nitrogens with zero attached hydrogens (tertiary/aromatic N) is 4. The Kier molecular flexibility index (Phi) is 5.49. The van der Waals surface area contributed by atoms with Crippen molar-refractivity contribution in [2.75, 3.05) is 16.8 Å². The molecule has 2 aliphatic heterocycles. The molecule has 0 radical (unpaired) electrons. The minimum Gasteiger partial charge on any atom is -0.311 e. The van der Waals surface area contributed by atoms with Gasteiger partial charge in [0, 0.05) is 24.7 Å². The van der Waals surface area contributed by atoms with E-state index in [2.05, 4.69) is 0 Å². The molecule has 0 spiro atoms. The molecule has 3 aromatic rings. The Balaban J connectivity index is 1.70. The fourth-order valence-corrected chi connectivity index (χ4v) is 5.08. The molecule has 0 aromatic heterocycles. The van der Waals surface area contributed by atoms with Crippen LogP contribution in [-0.2, 0) is 9.59 Å². The number of hydrogen-bond acceptors (Lipinski definition) is 6. The smallest absolute Gasteiger partial charge is 0.272 e. The number of hydrogen-bond donors (Lipinski definition) is 0. The number of rotatable bonds is 3. The SMILES string of the molecule is Cc1ccc(N=C2S/C(=C3\C(=O)N(C)c4ccc([N+](=O)[O-])cc43)C(=O)N2c2ccc(C)cc2)cc1. The third-order valence-corrected chi connectivity index (χ3v) is 6.94. The molecular formula is C26H20N4O4S. The number of amidine groups is 1. The highest BCUT2D eigenvalue weighted by molar-refractivity contribution is 8.19. The lowest BCUT2D eigenvalue weighted by molar-refractivity contribution is -0.384. The van der Waals surface area contributed by atoms with Gasteiger partial charge >= 0.3 is 0 Å². The van der Waals surface area contributed by atoms with E-state index in [0.717, 1.165) is 22.9 Å². The average Bonchev–Trinajstić information content (AvgIpc) is 3.28. The summed E-state index contributed by atoms with van der Waals surface area (Å²) in [6, 6.07) is 19.3. The summed E-state index contributed by atoms with van der Waals surface area (Å²) in [7, 11) is 1.59. The minimum atomic E-state index is -0.516. The summed E-state index contributed by atoms with van der Waals surface area (Å²) in [5, 5.41) is 11.8. The molecule has 1 fully saturated rings. The van der Waals surface area contributed by atoms with Gasteiger partial charge in [-0.05, 0) is 55.9 Å². The topological polar surface area (TPSA) is 96.1 Å². The van der Waals surface area contributed by atoms with Gasteiger partial charge in [0.25, 0.3) is 17.5 Å². The highest BCUT2D eigenvalue weighted by Gasteiger charge is 2.43. The molecule has 2 heterocycles. The maximum atomic E-state index is 13.8. The van der Waals surface area contributed by atoms with Gasteiger partial charge in [0.2, 0.25) is 0 Å². The van der Waals surface area contributed by atoms with E-state index in [4.69, 9.17) is 4.99 Å². The Bertz CT molecular complexity index is 1460. The van der Waals surface area contributed by atoms with Crippen LogP contribution in [0.15, 0.2) is 76.6 Å². The van der Waals surface area contributed by atoms with Crippen molar-refractivity contribution in [3.8, 4) is 0 Å². The van der Waals surface area contributed by atoms with Crippen molar-refractivity contribution in [1.82, 2.24) is 0 Å². The number of aliphatic imine (C=N–C) groups is 1. The Morgan fingerprint density at radius 2 is 1.51 bits per heavy atom. The maximum Gasteiger partial charge on any atom is 0.272 e. The lowest BCUT2D eigenvalue weighted by Gasteiger charge is -2.16. The second kappa shape index (κ2) is 8.52. The van der Waals surface area contributed by atoms with Crippen LogP contribution in [0.25, 0.3) is 5.57 Å². The summed E-state index contributed by atoms with van der Waals surface area (Å²) < 4.78 is 0. The molecule has 2 aliphatic rings. The van der Waals surface area contributed by atoms with Crippen LogP contribution >= 0.6 is 11.8 Å². The fourth-order valence-electron chi connectivity index (χ4n) is 3.99. The molecule has 8 nitrogen and oxygen atoms in total. The van der Waals surface area contributed by atoms with E-state index in [-0.39, 0.29) is 16.2 Å². The highest BCUT2D eigenvalue weighted by atomic mass is 32.2. The molecule has 1 saturated heterocycles. The van der Waals surface area contributed by atoms with Crippen LogP contribution in [0.2, 0.25) is 0 Å². The molecule has 0 aliphatic carbocycles. The second-order valence-electron chi connectivity index (χ2n) is 8.33. The van der Waals surface area contributed by atoms with E-state index in [0.29, 0.717) is 27.8 Å². The molecule has 0 bridgehead atoms. The zero-order valence-corrected chi connectivity index (χ0v) is 20.0. The lowest BCUT2D eigenvalue weighted by Crippen LogP contribution is -2.29. The first kappa shape index (κ1) is 22.5. The van der Waals surface area contributed by atoms with E-state index in [1.807, 2.05) is 62.4 Å². The molecule has 3 aromatic carbocycles. The van der Waals surface area contributed by atoms with E-state index < -0.39 is 16.7 Å². The van der Waals surface area contributed by atoms with E-state index in [1.165, 1.54) is 28.0 Å². The predicted octanol–water partition coefficient (Wildman–Crippen LogP) is 5.37. The first-order chi connectivity index (χ1) is 16.7. The second-order valence-corrected chi connectivity index (χ2v) is 9.31. The first-order valence-corrected chi connectivity index (χ1v) is 11.6. The lowest BCUT2D eigenvalue weighted by atomic mass is 10.1. The van der Waals surface area contributed by atoms with Gasteiger partial charge in [0.15, 0.2) is 5.17 Å². The van der Waals surface area contributed by atoms with Crippen LogP contribution < -0.4 is 9.80 Å². The number of thioether (sulfide) groups is 1. The Labute approximate surface area is 205 Å². The first-order valence-electron chi connectivity index (χ1n) is 10.8. The average molecular weight is 485 g/mol. The van der Waals surface area contributed by atoms with Crippen LogP contribution in [0.1, 0.15) is 16.7 Å². The van der Waals surface area contributed by atoms with Gasteiger partial charge in [-0.15, -0.1) is 0 Å². The molecule has 35 heavy (non-hydrogen) atoms. The molecule has 5 rings (SSSR count). The standard InChI is InChI=1S/C26H20N4O4S/c1-15-4-8-17(9-5-15)27-26-29(18-10-6-16(2)7-11-18)25(32)23(35-26)22-20-14-19(30(33)34)12-13-21(20)28(3)24(22)31/h4-14H,1-3H3/b23-22-,27-26?. The van der Waals surface area contributed by atoms with Crippen molar-refractivity contribution in [3.05, 3.63) is 98.4 Å². The molecule has 174 valence electrons. The van der Waals surface area contributed by atoms with E-state index in [9.17, 15) is 19.7 Å². The number of carbonyl (C=O) groups excluding carboxylic acids is 2. The van der Waals surface area contributed by atoms with Crippen molar-refractivity contribution in [1.29, 1.82) is 0 Å². The van der Waals surface area contributed by atoms with Crippen LogP contribution in [0.4, 0.5) is 22.7 Å². The molecule has 0 unspecified atom stereocenters. The summed E-state index contributed by atoms with van der Waals surface area (Å²) in [5.41, 5.74) is 4.28. The zero-order chi connectivity index (χ0) is 24.9. The van der Waals surface area contributed by atoms with Crippen LogP contribution in [0.3, 0.4) is 0 Å². The van der Waals surface area contributed by atoms with Gasteiger partial charge in [0.05, 0.1) is 32.5 Å². The number of nitro benzene ring substituents is 1. The summed E-state index contributed by atoms with van der Waals surface area (Å²) in [6.07, 6.45) is 0. The molecular weight excluding hydrogens is 464 g/mol. The number of likely N-dealkylation sites (N-methyl/N-ethyl adjacent to an activating group) is 1. The van der Waals surface area contributed by atoms with Gasteiger partial charge < -0.3 is 4.90 Å². The normalized spacial score (nSPS) is 18.5. The number of carbonyl (C=O) groups is 2. The van der Waals surface area contributed by atoms with Crippen LogP contribution in [0.5, 0.6) is 0 Å². The maximum absolute atomic E-state index is 13.8. The number of benzene rings is 3. The monoisotopic (exact) mass is 484 g/mol. The van der Waals surface area contributed by atoms with Crippen LogP contribution in [0, 0.1) is 24.0 Å². The van der Waals surface area contributed by atoms with Crippen LogP contribution in [-0.4, -0.2) is 29.0 Å². The Morgan fingerprint density at radius 3 is 2.14 bits per heavy atom. The Hall–Kier alpha value is -4.24. The summed E-state index contributed by atoms with van der Waals surface area (Å²) in [5.74, 6) is -0.794. The summed E-state index contributed by atoms with van der Waals surface area (Å²) >= 11 is 1.09. The number of aryl methyl sites for hydroxylation is 2. The van der Waals surface area contributed by atoms with Crippen molar-refractivity contribution < 1.29 is 14.5 Å². The van der Waals surface area contributed by atoms with E-state index >= 15 is 0 Å². The Morgan fingerprint density at radius 1 is 0.886 bits per heavy atom. The third-order valence-electron chi connectivity index (χ3n) is 5.90. The number of nitro groups is 1. The molecule has 0 atom stereocenters. The highest BCUT2D eigenvalue weighted by Crippen LogP contribution is 2.46. The predicted molar refractivity (Wildman–Crippen MR) is 138 cm³/mol. The van der Waals surface area contributed by atoms with Crippen molar-refractivity contribution >= 4 is 57.1 Å². The quantitative estimate of drug-likeness (QED) is 0.283. The van der Waals surface area contributed by atoms with E-state index in [1.54, 1.807) is 7.05 Å². The van der Waals surface area contributed by atoms with Gasteiger partial charge in [-0.25, -0.2) is 4.99 Å². The number of non-ortho nitro benzene ring substituents is 1. The minimum absolute atomic E-state index is 0.146. The van der Waals surface area contributed by atoms with Crippen molar-refractivity contribution in [2.45, 2.75) is 13.8 Å². The van der Waals surface area contributed by atoms with Gasteiger partial charge in [0.1, 0.15) is 0 Å². The largest absolute Gasteiger partial charge is 0.311 e. The van der Waals surface area contributed by atoms with Gasteiger partial charge in [-0.2, -0.15) is 0 Å². The molecule has 9 heteroatoms.